The number of anilines is 1. The van der Waals surface area contributed by atoms with Crippen LogP contribution in [0, 0.1) is 0 Å². The molecule has 1 aromatic carbocycles. The zero-order chi connectivity index (χ0) is 13.8. The molecule has 0 spiro atoms. The minimum atomic E-state index is 0.0917. The van der Waals surface area contributed by atoms with Gasteiger partial charge in [0.1, 0.15) is 0 Å². The van der Waals surface area contributed by atoms with Gasteiger partial charge in [0.25, 0.3) is 0 Å². The maximum atomic E-state index is 5.84. The van der Waals surface area contributed by atoms with Crippen molar-refractivity contribution in [3.63, 3.8) is 0 Å². The third-order valence-electron chi connectivity index (χ3n) is 3.07. The van der Waals surface area contributed by atoms with E-state index in [1.807, 2.05) is 18.2 Å². The molecule has 0 fully saturated rings. The minimum Gasteiger partial charge on any atom is -0.364 e. The summed E-state index contributed by atoms with van der Waals surface area (Å²) in [5.74, 6) is 0.735. The highest BCUT2D eigenvalue weighted by Gasteiger charge is 2.11. The quantitative estimate of drug-likeness (QED) is 0.700. The number of hydrogen-bond acceptors (Lipinski definition) is 6. The van der Waals surface area contributed by atoms with Crippen molar-refractivity contribution in [1.82, 2.24) is 25.0 Å². The van der Waals surface area contributed by atoms with Crippen molar-refractivity contribution in [3.05, 3.63) is 48.3 Å². The van der Waals surface area contributed by atoms with E-state index in [4.69, 9.17) is 5.73 Å². The van der Waals surface area contributed by atoms with E-state index in [0.717, 1.165) is 12.2 Å². The topological polar surface area (TPSA) is 94.0 Å². The van der Waals surface area contributed by atoms with E-state index in [-0.39, 0.29) is 6.04 Å². The van der Waals surface area contributed by atoms with Crippen LogP contribution in [-0.2, 0) is 6.42 Å². The van der Waals surface area contributed by atoms with Crippen molar-refractivity contribution < 1.29 is 0 Å². The van der Waals surface area contributed by atoms with Gasteiger partial charge in [0, 0.05) is 12.6 Å². The van der Waals surface area contributed by atoms with E-state index < -0.39 is 0 Å². The van der Waals surface area contributed by atoms with Gasteiger partial charge in [0.05, 0.1) is 12.4 Å². The molecule has 20 heavy (non-hydrogen) atoms. The lowest BCUT2D eigenvalue weighted by Crippen LogP contribution is -2.32. The lowest BCUT2D eigenvalue weighted by molar-refractivity contribution is 0.708. The van der Waals surface area contributed by atoms with Gasteiger partial charge >= 0.3 is 0 Å². The van der Waals surface area contributed by atoms with Crippen LogP contribution in [0.4, 0.5) is 5.82 Å². The Balaban J connectivity index is 1.79. The molecule has 0 aliphatic heterocycles. The largest absolute Gasteiger partial charge is 0.364 e. The van der Waals surface area contributed by atoms with E-state index >= 15 is 0 Å². The van der Waals surface area contributed by atoms with Gasteiger partial charge in [-0.05, 0) is 22.4 Å². The van der Waals surface area contributed by atoms with E-state index in [9.17, 15) is 0 Å². The number of fused-ring (bicyclic) bond motifs is 1. The van der Waals surface area contributed by atoms with Crippen molar-refractivity contribution in [2.24, 2.45) is 5.73 Å². The number of rotatable bonds is 5. The highest BCUT2D eigenvalue weighted by molar-refractivity contribution is 5.44. The monoisotopic (exact) mass is 269 g/mol. The van der Waals surface area contributed by atoms with E-state index in [2.05, 4.69) is 38.0 Å². The molecule has 1 atom stereocenters. The Bertz CT molecular complexity index is 679. The summed E-state index contributed by atoms with van der Waals surface area (Å²) in [4.78, 5) is 4.11. The number of aromatic nitrogens is 5. The van der Waals surface area contributed by atoms with Gasteiger partial charge in [-0.3, -0.25) is 4.98 Å². The second-order valence-electron chi connectivity index (χ2n) is 4.51. The summed E-state index contributed by atoms with van der Waals surface area (Å²) in [5.41, 5.74) is 7.68. The Hall–Kier alpha value is -2.54. The molecule has 2 heterocycles. The molecule has 7 heteroatoms. The van der Waals surface area contributed by atoms with Crippen LogP contribution in [0.25, 0.3) is 5.65 Å². The molecule has 0 aliphatic carbocycles. The van der Waals surface area contributed by atoms with Crippen molar-refractivity contribution >= 4 is 11.5 Å². The zero-order valence-electron chi connectivity index (χ0n) is 10.8. The molecular weight excluding hydrogens is 254 g/mol. The Labute approximate surface area is 115 Å². The van der Waals surface area contributed by atoms with Crippen LogP contribution < -0.4 is 11.1 Å². The molecule has 7 nitrogen and oxygen atoms in total. The van der Waals surface area contributed by atoms with Crippen molar-refractivity contribution in [3.8, 4) is 0 Å². The summed E-state index contributed by atoms with van der Waals surface area (Å²) >= 11 is 0. The Morgan fingerprint density at radius 2 is 2.05 bits per heavy atom. The molecule has 0 radical (unpaired) electrons. The van der Waals surface area contributed by atoms with Gasteiger partial charge < -0.3 is 11.1 Å². The Kier molecular flexibility index (Phi) is 3.51. The molecular formula is C13H15N7. The van der Waals surface area contributed by atoms with Crippen LogP contribution in [0.1, 0.15) is 5.56 Å². The van der Waals surface area contributed by atoms with Crippen LogP contribution in [0.2, 0.25) is 0 Å². The fourth-order valence-corrected chi connectivity index (χ4v) is 2.07. The average Bonchev–Trinajstić information content (AvgIpc) is 2.97. The lowest BCUT2D eigenvalue weighted by Gasteiger charge is -2.18. The number of nitrogens with one attached hydrogen (secondary N) is 1. The molecule has 3 rings (SSSR count). The molecule has 1 unspecified atom stereocenters. The fraction of sp³-hybridized carbons (Fsp3) is 0.231. The summed E-state index contributed by atoms with van der Waals surface area (Å²) in [6, 6.07) is 10.3. The molecule has 0 aliphatic rings. The smallest absolute Gasteiger partial charge is 0.199 e. The standard InChI is InChI=1S/C13H15N7/c14-7-11(6-10-4-2-1-3-5-10)16-12-8-15-9-13-17-18-19-20(12)13/h1-5,8-9,11,16H,6-7,14H2. The predicted molar refractivity (Wildman–Crippen MR) is 75.2 cm³/mol. The number of tetrazole rings is 1. The first-order chi connectivity index (χ1) is 9.86. The van der Waals surface area contributed by atoms with Gasteiger partial charge in [-0.2, -0.15) is 4.52 Å². The van der Waals surface area contributed by atoms with Crippen LogP contribution >= 0.6 is 0 Å². The lowest BCUT2D eigenvalue weighted by atomic mass is 10.1. The summed E-state index contributed by atoms with van der Waals surface area (Å²) in [6.07, 6.45) is 4.13. The number of nitrogens with zero attached hydrogens (tertiary/aromatic N) is 5. The van der Waals surface area contributed by atoms with Gasteiger partial charge in [0.2, 0.25) is 0 Å². The van der Waals surface area contributed by atoms with E-state index in [0.29, 0.717) is 12.2 Å². The average molecular weight is 269 g/mol. The van der Waals surface area contributed by atoms with Crippen LogP contribution in [-0.4, -0.2) is 37.6 Å². The zero-order valence-corrected chi connectivity index (χ0v) is 10.8. The third kappa shape index (κ3) is 2.57. The van der Waals surface area contributed by atoms with Crippen LogP contribution in [0.15, 0.2) is 42.7 Å². The minimum absolute atomic E-state index is 0.0917. The van der Waals surface area contributed by atoms with Gasteiger partial charge in [-0.25, -0.2) is 0 Å². The second-order valence-corrected chi connectivity index (χ2v) is 4.51. The molecule has 2 aromatic heterocycles. The third-order valence-corrected chi connectivity index (χ3v) is 3.07. The predicted octanol–water partition coefficient (Wildman–Crippen LogP) is 0.501. The van der Waals surface area contributed by atoms with E-state index in [1.54, 1.807) is 16.9 Å². The molecule has 102 valence electrons. The Morgan fingerprint density at radius 1 is 1.20 bits per heavy atom. The van der Waals surface area contributed by atoms with Gasteiger partial charge in [0.15, 0.2) is 11.5 Å². The molecule has 3 N–H and O–H groups in total. The number of hydrogen-bond donors (Lipinski definition) is 2. The molecule has 0 saturated carbocycles. The highest BCUT2D eigenvalue weighted by atomic mass is 15.5. The normalized spacial score (nSPS) is 12.4. The molecule has 0 amide bonds. The maximum Gasteiger partial charge on any atom is 0.199 e. The van der Waals surface area contributed by atoms with Crippen molar-refractivity contribution in [1.29, 1.82) is 0 Å². The molecule has 0 saturated heterocycles. The highest BCUT2D eigenvalue weighted by Crippen LogP contribution is 2.10. The summed E-state index contributed by atoms with van der Waals surface area (Å²) < 4.78 is 1.61. The summed E-state index contributed by atoms with van der Waals surface area (Å²) in [7, 11) is 0. The number of benzene rings is 1. The fourth-order valence-electron chi connectivity index (χ4n) is 2.07. The van der Waals surface area contributed by atoms with Gasteiger partial charge in [-0.15, -0.1) is 5.10 Å². The number of nitrogens with two attached hydrogens (primary N) is 1. The van der Waals surface area contributed by atoms with Crippen molar-refractivity contribution in [2.45, 2.75) is 12.5 Å². The summed E-state index contributed by atoms with van der Waals surface area (Å²) in [5, 5.41) is 14.8. The van der Waals surface area contributed by atoms with E-state index in [1.165, 1.54) is 5.56 Å². The van der Waals surface area contributed by atoms with Crippen molar-refractivity contribution in [2.75, 3.05) is 11.9 Å². The summed E-state index contributed by atoms with van der Waals surface area (Å²) in [6.45, 7) is 0.507. The first-order valence-corrected chi connectivity index (χ1v) is 6.39. The second kappa shape index (κ2) is 5.62. The SMILES string of the molecule is NCC(Cc1ccccc1)Nc1cncc2nnnn12. The first kappa shape index (κ1) is 12.5. The first-order valence-electron chi connectivity index (χ1n) is 6.39. The molecule has 3 aromatic rings. The van der Waals surface area contributed by atoms with Crippen LogP contribution in [0.3, 0.4) is 0 Å². The Morgan fingerprint density at radius 3 is 2.85 bits per heavy atom. The van der Waals surface area contributed by atoms with Crippen LogP contribution in [0.5, 0.6) is 0 Å². The maximum absolute atomic E-state index is 5.84. The van der Waals surface area contributed by atoms with Gasteiger partial charge in [-0.1, -0.05) is 30.3 Å². The molecule has 0 bridgehead atoms.